The average Bonchev–Trinajstić information content (AvgIpc) is 2.70. The van der Waals surface area contributed by atoms with E-state index in [4.69, 9.17) is 9.47 Å². The van der Waals surface area contributed by atoms with E-state index in [1.807, 2.05) is 0 Å². The summed E-state index contributed by atoms with van der Waals surface area (Å²) in [5.41, 5.74) is 0.846. The molecule has 2 aromatic rings. The van der Waals surface area contributed by atoms with Crippen LogP contribution in [0.2, 0.25) is 0 Å². The number of carbonyl (C=O) groups is 3. The number of anilines is 1. The highest BCUT2D eigenvalue weighted by molar-refractivity contribution is 6.39. The van der Waals surface area contributed by atoms with Gasteiger partial charge in [-0.15, -0.1) is 0 Å². The van der Waals surface area contributed by atoms with Crippen LogP contribution in [0.3, 0.4) is 0 Å². The fourth-order valence-corrected chi connectivity index (χ4v) is 2.75. The maximum absolute atomic E-state index is 12.9. The molecule has 2 aromatic carbocycles. The van der Waals surface area contributed by atoms with Crippen molar-refractivity contribution < 1.29 is 23.9 Å². The Hall–Kier alpha value is -3.61. The number of nitrogens with zero attached hydrogens (tertiary/aromatic N) is 2. The van der Waals surface area contributed by atoms with Crippen LogP contribution in [0, 0.1) is 0 Å². The maximum Gasteiger partial charge on any atom is 0.338 e. The van der Waals surface area contributed by atoms with Crippen LogP contribution in [0.15, 0.2) is 54.1 Å². The molecule has 7 heteroatoms. The minimum atomic E-state index is -0.694. The van der Waals surface area contributed by atoms with Gasteiger partial charge >= 0.3 is 6.03 Å². The molecule has 1 heterocycles. The third kappa shape index (κ3) is 3.27. The Balaban J connectivity index is 2.06. The Labute approximate surface area is 156 Å². The van der Waals surface area contributed by atoms with Gasteiger partial charge in [-0.2, -0.15) is 0 Å². The van der Waals surface area contributed by atoms with Gasteiger partial charge < -0.3 is 9.47 Å². The summed E-state index contributed by atoms with van der Waals surface area (Å²) in [5.74, 6) is -0.345. The molecule has 0 aliphatic carbocycles. The third-order valence-corrected chi connectivity index (χ3v) is 4.18. The summed E-state index contributed by atoms with van der Waals surface area (Å²) in [5, 5.41) is 0. The van der Waals surface area contributed by atoms with E-state index >= 15 is 0 Å². The van der Waals surface area contributed by atoms with Crippen molar-refractivity contribution in [2.45, 2.75) is 0 Å². The van der Waals surface area contributed by atoms with Crippen molar-refractivity contribution in [1.29, 1.82) is 0 Å². The highest BCUT2D eigenvalue weighted by Crippen LogP contribution is 2.30. The first kappa shape index (κ1) is 18.2. The molecule has 1 aliphatic rings. The fraction of sp³-hybridized carbons (Fsp3) is 0.150. The number of likely N-dealkylation sites (N-methyl/N-ethyl adjacent to an activating group) is 1. The molecule has 7 nitrogen and oxygen atoms in total. The number of rotatable bonds is 4. The van der Waals surface area contributed by atoms with Crippen molar-refractivity contribution in [2.75, 3.05) is 26.2 Å². The number of amides is 4. The third-order valence-electron chi connectivity index (χ3n) is 4.18. The molecule has 1 aliphatic heterocycles. The molecular formula is C20H18N2O5. The monoisotopic (exact) mass is 366 g/mol. The van der Waals surface area contributed by atoms with Crippen LogP contribution >= 0.6 is 0 Å². The number of carbonyl (C=O) groups excluding carboxylic acids is 3. The van der Waals surface area contributed by atoms with E-state index in [0.29, 0.717) is 22.7 Å². The summed E-state index contributed by atoms with van der Waals surface area (Å²) in [6.07, 6.45) is 1.44. The van der Waals surface area contributed by atoms with Gasteiger partial charge in [0.1, 0.15) is 5.57 Å². The number of benzene rings is 2. The molecule has 138 valence electrons. The second kappa shape index (κ2) is 7.33. The summed E-state index contributed by atoms with van der Waals surface area (Å²) >= 11 is 0. The number of urea groups is 1. The van der Waals surface area contributed by atoms with E-state index in [2.05, 4.69) is 0 Å². The lowest BCUT2D eigenvalue weighted by Gasteiger charge is -2.31. The highest BCUT2D eigenvalue weighted by Gasteiger charge is 2.40. The van der Waals surface area contributed by atoms with Crippen LogP contribution < -0.4 is 14.4 Å². The highest BCUT2D eigenvalue weighted by atomic mass is 16.5. The van der Waals surface area contributed by atoms with Crippen molar-refractivity contribution in [3.8, 4) is 11.5 Å². The smallest absolute Gasteiger partial charge is 0.338 e. The predicted octanol–water partition coefficient (Wildman–Crippen LogP) is 2.71. The van der Waals surface area contributed by atoms with Gasteiger partial charge in [0, 0.05) is 7.05 Å². The predicted molar refractivity (Wildman–Crippen MR) is 99.6 cm³/mol. The molecule has 0 radical (unpaired) electrons. The van der Waals surface area contributed by atoms with Gasteiger partial charge in [0.05, 0.1) is 19.9 Å². The summed E-state index contributed by atoms with van der Waals surface area (Å²) in [6.45, 7) is 0. The largest absolute Gasteiger partial charge is 0.493 e. The van der Waals surface area contributed by atoms with Crippen LogP contribution in [0.1, 0.15) is 5.56 Å². The van der Waals surface area contributed by atoms with Gasteiger partial charge in [0.2, 0.25) is 0 Å². The number of imide groups is 2. The maximum atomic E-state index is 12.9. The van der Waals surface area contributed by atoms with Crippen molar-refractivity contribution >= 4 is 29.6 Å². The SMILES string of the molecule is COc1ccc(/C=C2/C(=O)N(C)C(=O)N(c3ccccc3)C2=O)cc1OC. The van der Waals surface area contributed by atoms with E-state index in [1.165, 1.54) is 27.3 Å². The van der Waals surface area contributed by atoms with Crippen molar-refractivity contribution in [3.05, 3.63) is 59.7 Å². The molecule has 0 N–H and O–H groups in total. The zero-order chi connectivity index (χ0) is 19.6. The summed E-state index contributed by atoms with van der Waals surface area (Å²) < 4.78 is 10.4. The Kier molecular flexibility index (Phi) is 4.94. The van der Waals surface area contributed by atoms with Gasteiger partial charge in [-0.25, -0.2) is 9.69 Å². The molecule has 1 saturated heterocycles. The van der Waals surface area contributed by atoms with Crippen molar-refractivity contribution in [1.82, 2.24) is 4.90 Å². The van der Waals surface area contributed by atoms with Crippen LogP contribution in [-0.2, 0) is 9.59 Å². The Bertz CT molecular complexity index is 937. The minimum absolute atomic E-state index is 0.117. The number of hydrogen-bond donors (Lipinski definition) is 0. The van der Waals surface area contributed by atoms with Gasteiger partial charge in [0.25, 0.3) is 11.8 Å². The molecule has 4 amide bonds. The first-order valence-electron chi connectivity index (χ1n) is 8.13. The van der Waals surface area contributed by atoms with Crippen molar-refractivity contribution in [3.63, 3.8) is 0 Å². The molecule has 0 aromatic heterocycles. The van der Waals surface area contributed by atoms with Gasteiger partial charge in [-0.1, -0.05) is 24.3 Å². The van der Waals surface area contributed by atoms with Gasteiger partial charge in [-0.3, -0.25) is 14.5 Å². The van der Waals surface area contributed by atoms with Crippen LogP contribution in [-0.4, -0.2) is 44.0 Å². The molecule has 0 bridgehead atoms. The second-order valence-electron chi connectivity index (χ2n) is 5.80. The lowest BCUT2D eigenvalue weighted by atomic mass is 10.1. The lowest BCUT2D eigenvalue weighted by Crippen LogP contribution is -2.55. The summed E-state index contributed by atoms with van der Waals surface area (Å²) in [7, 11) is 4.35. The zero-order valence-corrected chi connectivity index (χ0v) is 15.1. The quantitative estimate of drug-likeness (QED) is 0.614. The first-order valence-corrected chi connectivity index (χ1v) is 8.13. The molecule has 3 rings (SSSR count). The first-order chi connectivity index (χ1) is 13.0. The van der Waals surface area contributed by atoms with Crippen LogP contribution in [0.25, 0.3) is 6.08 Å². The molecule has 1 fully saturated rings. The standard InChI is InChI=1S/C20H18N2O5/c1-21-18(23)15(11-13-9-10-16(26-2)17(12-13)27-3)19(24)22(20(21)25)14-7-5-4-6-8-14/h4-12H,1-3H3/b15-11-. The summed E-state index contributed by atoms with van der Waals surface area (Å²) in [6, 6.07) is 12.8. The normalized spacial score (nSPS) is 16.1. The zero-order valence-electron chi connectivity index (χ0n) is 15.1. The van der Waals surface area contributed by atoms with Crippen LogP contribution in [0.5, 0.6) is 11.5 Å². The average molecular weight is 366 g/mol. The lowest BCUT2D eigenvalue weighted by molar-refractivity contribution is -0.128. The number of hydrogen-bond acceptors (Lipinski definition) is 5. The molecule has 0 saturated carbocycles. The molecule has 0 atom stereocenters. The fourth-order valence-electron chi connectivity index (χ4n) is 2.75. The Morgan fingerprint density at radius 2 is 1.52 bits per heavy atom. The van der Waals surface area contributed by atoms with Crippen LogP contribution in [0.4, 0.5) is 10.5 Å². The Morgan fingerprint density at radius 1 is 0.852 bits per heavy atom. The van der Waals surface area contributed by atoms with E-state index in [0.717, 1.165) is 9.80 Å². The van der Waals surface area contributed by atoms with E-state index in [1.54, 1.807) is 48.5 Å². The second-order valence-corrected chi connectivity index (χ2v) is 5.80. The molecule has 0 unspecified atom stereocenters. The minimum Gasteiger partial charge on any atom is -0.493 e. The molecule has 0 spiro atoms. The number of barbiturate groups is 1. The van der Waals surface area contributed by atoms with E-state index in [-0.39, 0.29) is 5.57 Å². The van der Waals surface area contributed by atoms with E-state index < -0.39 is 17.8 Å². The Morgan fingerprint density at radius 3 is 2.15 bits per heavy atom. The van der Waals surface area contributed by atoms with Gasteiger partial charge in [-0.05, 0) is 35.9 Å². The molecule has 27 heavy (non-hydrogen) atoms. The number of para-hydroxylation sites is 1. The van der Waals surface area contributed by atoms with Gasteiger partial charge in [0.15, 0.2) is 11.5 Å². The van der Waals surface area contributed by atoms with E-state index in [9.17, 15) is 14.4 Å². The molecular weight excluding hydrogens is 348 g/mol. The van der Waals surface area contributed by atoms with Crippen molar-refractivity contribution in [2.24, 2.45) is 0 Å². The summed E-state index contributed by atoms with van der Waals surface area (Å²) in [4.78, 5) is 39.8. The number of ether oxygens (including phenoxy) is 2. The number of methoxy groups -OCH3 is 2. The topological polar surface area (TPSA) is 76.2 Å².